The molecule has 0 aliphatic heterocycles. The van der Waals surface area contributed by atoms with Gasteiger partial charge >= 0.3 is 0 Å². The average molecular weight is 248 g/mol. The molecule has 0 fully saturated rings. The first-order chi connectivity index (χ1) is 8.29. The van der Waals surface area contributed by atoms with E-state index in [1.165, 1.54) is 0 Å². The van der Waals surface area contributed by atoms with Gasteiger partial charge in [-0.1, -0.05) is 19.1 Å². The minimum absolute atomic E-state index is 0.289. The van der Waals surface area contributed by atoms with Crippen molar-refractivity contribution < 1.29 is 5.11 Å². The monoisotopic (exact) mass is 248 g/mol. The van der Waals surface area contributed by atoms with Crippen LogP contribution in [0.3, 0.4) is 0 Å². The molecule has 2 aromatic rings. The summed E-state index contributed by atoms with van der Waals surface area (Å²) in [5.41, 5.74) is 1.08. The molecule has 0 radical (unpaired) electrons. The molecule has 1 aromatic carbocycles. The number of benzene rings is 1. The molecule has 0 bridgehead atoms. The number of phenolic OH excluding ortho intramolecular Hbond substituents is 1. The molecule has 2 N–H and O–H groups in total. The van der Waals surface area contributed by atoms with E-state index in [1.54, 1.807) is 23.5 Å². The molecule has 1 aromatic heterocycles. The van der Waals surface area contributed by atoms with Crippen molar-refractivity contribution >= 4 is 11.3 Å². The highest BCUT2D eigenvalue weighted by molar-refractivity contribution is 7.09. The van der Waals surface area contributed by atoms with E-state index in [1.807, 2.05) is 23.7 Å². The number of aromatic nitrogens is 1. The van der Waals surface area contributed by atoms with E-state index in [0.717, 1.165) is 23.5 Å². The Labute approximate surface area is 105 Å². The van der Waals surface area contributed by atoms with E-state index in [0.29, 0.717) is 5.75 Å². The second kappa shape index (κ2) is 5.80. The van der Waals surface area contributed by atoms with Crippen molar-refractivity contribution in [2.75, 3.05) is 0 Å². The van der Waals surface area contributed by atoms with Crippen LogP contribution < -0.4 is 5.32 Å². The van der Waals surface area contributed by atoms with Gasteiger partial charge in [0.2, 0.25) is 0 Å². The van der Waals surface area contributed by atoms with Crippen molar-refractivity contribution in [1.82, 2.24) is 10.3 Å². The molecule has 0 spiro atoms. The van der Waals surface area contributed by atoms with Crippen LogP contribution in [0.15, 0.2) is 35.8 Å². The highest BCUT2D eigenvalue weighted by Gasteiger charge is 2.10. The van der Waals surface area contributed by atoms with Crippen LogP contribution in [-0.4, -0.2) is 10.1 Å². The summed E-state index contributed by atoms with van der Waals surface area (Å²) in [6, 6.07) is 7.61. The summed E-state index contributed by atoms with van der Waals surface area (Å²) in [7, 11) is 0. The van der Waals surface area contributed by atoms with Crippen LogP contribution in [0, 0.1) is 0 Å². The molecular weight excluding hydrogens is 232 g/mol. The van der Waals surface area contributed by atoms with Crippen LogP contribution in [0.25, 0.3) is 0 Å². The predicted octanol–water partition coefficient (Wildman–Crippen LogP) is 3.09. The molecule has 90 valence electrons. The van der Waals surface area contributed by atoms with Crippen LogP contribution in [0.5, 0.6) is 5.75 Å². The largest absolute Gasteiger partial charge is 0.508 e. The molecule has 0 aliphatic carbocycles. The first-order valence-electron chi connectivity index (χ1n) is 5.70. The fourth-order valence-electron chi connectivity index (χ4n) is 1.72. The smallest absolute Gasteiger partial charge is 0.115 e. The first-order valence-corrected chi connectivity index (χ1v) is 6.58. The van der Waals surface area contributed by atoms with Gasteiger partial charge in [0, 0.05) is 18.1 Å². The number of aromatic hydroxyl groups is 1. The number of thiazole rings is 1. The second-order valence-corrected chi connectivity index (χ2v) is 4.81. The Morgan fingerprint density at radius 3 is 3.00 bits per heavy atom. The van der Waals surface area contributed by atoms with Gasteiger partial charge < -0.3 is 10.4 Å². The molecule has 0 saturated heterocycles. The maximum atomic E-state index is 9.38. The lowest BCUT2D eigenvalue weighted by atomic mass is 10.2. The third-order valence-corrected chi connectivity index (χ3v) is 3.51. The Morgan fingerprint density at radius 1 is 1.47 bits per heavy atom. The summed E-state index contributed by atoms with van der Waals surface area (Å²) in [5, 5.41) is 15.9. The molecule has 0 aliphatic rings. The van der Waals surface area contributed by atoms with Crippen molar-refractivity contribution in [1.29, 1.82) is 0 Å². The molecule has 17 heavy (non-hydrogen) atoms. The topological polar surface area (TPSA) is 45.1 Å². The predicted molar refractivity (Wildman–Crippen MR) is 70.1 cm³/mol. The lowest BCUT2D eigenvalue weighted by Gasteiger charge is -2.14. The van der Waals surface area contributed by atoms with E-state index < -0.39 is 0 Å². The lowest BCUT2D eigenvalue weighted by molar-refractivity contribution is 0.472. The van der Waals surface area contributed by atoms with Crippen molar-refractivity contribution in [3.63, 3.8) is 0 Å². The van der Waals surface area contributed by atoms with Crippen LogP contribution in [0.1, 0.15) is 30.0 Å². The third kappa shape index (κ3) is 3.28. The molecule has 0 saturated carbocycles. The minimum Gasteiger partial charge on any atom is -0.508 e. The number of hydrogen-bond acceptors (Lipinski definition) is 4. The second-order valence-electron chi connectivity index (χ2n) is 3.88. The molecule has 1 heterocycles. The van der Waals surface area contributed by atoms with Gasteiger partial charge in [-0.3, -0.25) is 0 Å². The van der Waals surface area contributed by atoms with E-state index >= 15 is 0 Å². The van der Waals surface area contributed by atoms with Gasteiger partial charge in [0.05, 0.1) is 6.04 Å². The standard InChI is InChI=1S/C13H16N2OS/c1-2-12(13-14-6-7-17-13)15-9-10-4-3-5-11(16)8-10/h3-8,12,15-16H,2,9H2,1H3. The zero-order valence-electron chi connectivity index (χ0n) is 9.76. The fourth-order valence-corrected chi connectivity index (χ4v) is 2.52. The maximum absolute atomic E-state index is 9.38. The van der Waals surface area contributed by atoms with Crippen LogP contribution in [0.4, 0.5) is 0 Å². The molecule has 0 amide bonds. The highest BCUT2D eigenvalue weighted by atomic mass is 32.1. The number of nitrogens with zero attached hydrogens (tertiary/aromatic N) is 1. The average Bonchev–Trinajstić information content (AvgIpc) is 2.84. The van der Waals surface area contributed by atoms with Gasteiger partial charge in [0.15, 0.2) is 0 Å². The Morgan fingerprint density at radius 2 is 2.35 bits per heavy atom. The molecule has 1 atom stereocenters. The van der Waals surface area contributed by atoms with Crippen molar-refractivity contribution in [3.05, 3.63) is 46.4 Å². The quantitative estimate of drug-likeness (QED) is 0.854. The molecule has 4 heteroatoms. The van der Waals surface area contributed by atoms with E-state index in [9.17, 15) is 5.11 Å². The number of hydrogen-bond donors (Lipinski definition) is 2. The summed E-state index contributed by atoms with van der Waals surface area (Å²) in [6.07, 6.45) is 2.84. The number of nitrogens with one attached hydrogen (secondary N) is 1. The Kier molecular flexibility index (Phi) is 4.12. The minimum atomic E-state index is 0.289. The van der Waals surface area contributed by atoms with Gasteiger partial charge in [-0.25, -0.2) is 4.98 Å². The fraction of sp³-hybridized carbons (Fsp3) is 0.308. The van der Waals surface area contributed by atoms with Crippen molar-refractivity contribution in [2.24, 2.45) is 0 Å². The van der Waals surface area contributed by atoms with Gasteiger partial charge in [0.1, 0.15) is 10.8 Å². The van der Waals surface area contributed by atoms with Crippen molar-refractivity contribution in [3.8, 4) is 5.75 Å². The third-order valence-electron chi connectivity index (χ3n) is 2.62. The van der Waals surface area contributed by atoms with Crippen LogP contribution in [-0.2, 0) is 6.54 Å². The van der Waals surface area contributed by atoms with E-state index in [-0.39, 0.29) is 6.04 Å². The first kappa shape index (κ1) is 12.1. The molecule has 1 unspecified atom stereocenters. The number of rotatable bonds is 5. The van der Waals surface area contributed by atoms with Crippen LogP contribution in [0.2, 0.25) is 0 Å². The summed E-state index contributed by atoms with van der Waals surface area (Å²) < 4.78 is 0. The molecule has 3 nitrogen and oxygen atoms in total. The molecule has 2 rings (SSSR count). The zero-order valence-corrected chi connectivity index (χ0v) is 10.6. The highest BCUT2D eigenvalue weighted by Crippen LogP contribution is 2.19. The normalized spacial score (nSPS) is 12.5. The molecular formula is C13H16N2OS. The summed E-state index contributed by atoms with van der Waals surface area (Å²) in [6.45, 7) is 2.88. The summed E-state index contributed by atoms with van der Waals surface area (Å²) in [4.78, 5) is 4.32. The van der Waals surface area contributed by atoms with Gasteiger partial charge in [-0.05, 0) is 24.1 Å². The van der Waals surface area contributed by atoms with Gasteiger partial charge in [-0.15, -0.1) is 11.3 Å². The van der Waals surface area contributed by atoms with Crippen LogP contribution >= 0.6 is 11.3 Å². The Bertz CT molecular complexity index is 456. The summed E-state index contributed by atoms with van der Waals surface area (Å²) in [5.74, 6) is 0.312. The summed E-state index contributed by atoms with van der Waals surface area (Å²) >= 11 is 1.67. The van der Waals surface area contributed by atoms with Gasteiger partial charge in [-0.2, -0.15) is 0 Å². The SMILES string of the molecule is CCC(NCc1cccc(O)c1)c1nccs1. The lowest BCUT2D eigenvalue weighted by Crippen LogP contribution is -2.20. The van der Waals surface area contributed by atoms with Crippen molar-refractivity contribution in [2.45, 2.75) is 25.9 Å². The Hall–Kier alpha value is -1.39. The van der Waals surface area contributed by atoms with E-state index in [4.69, 9.17) is 0 Å². The van der Waals surface area contributed by atoms with E-state index in [2.05, 4.69) is 17.2 Å². The maximum Gasteiger partial charge on any atom is 0.115 e. The number of phenols is 1. The van der Waals surface area contributed by atoms with Gasteiger partial charge in [0.25, 0.3) is 0 Å². The zero-order chi connectivity index (χ0) is 12.1. The Balaban J connectivity index is 1.97.